The summed E-state index contributed by atoms with van der Waals surface area (Å²) in [5.74, 6) is 0.853. The molecule has 3 heteroatoms. The Hall–Kier alpha value is -3.07. The summed E-state index contributed by atoms with van der Waals surface area (Å²) < 4.78 is 7.44. The van der Waals surface area contributed by atoms with Crippen LogP contribution >= 0.6 is 0 Å². The third-order valence-electron chi connectivity index (χ3n) is 3.98. The molecular weight excluding hydrogens is 284 g/mol. The quantitative estimate of drug-likeness (QED) is 0.549. The van der Waals surface area contributed by atoms with Gasteiger partial charge in [0.25, 0.3) is 0 Å². The van der Waals surface area contributed by atoms with Crippen LogP contribution in [0.15, 0.2) is 79.0 Å². The van der Waals surface area contributed by atoms with Crippen molar-refractivity contribution in [1.82, 2.24) is 9.38 Å². The Labute approximate surface area is 134 Å². The second kappa shape index (κ2) is 5.61. The van der Waals surface area contributed by atoms with Crippen LogP contribution in [0.3, 0.4) is 0 Å². The van der Waals surface area contributed by atoms with Crippen molar-refractivity contribution >= 4 is 5.65 Å². The Balaban J connectivity index is 1.94. The van der Waals surface area contributed by atoms with Crippen molar-refractivity contribution < 1.29 is 4.74 Å². The van der Waals surface area contributed by atoms with Gasteiger partial charge < -0.3 is 4.74 Å². The maximum absolute atomic E-state index is 5.24. The van der Waals surface area contributed by atoms with E-state index in [-0.39, 0.29) is 0 Å². The highest BCUT2D eigenvalue weighted by Gasteiger charge is 2.10. The SMILES string of the molecule is COc1ccc(-c2cnc3cccc(-c4ccccc4)n23)cc1. The van der Waals surface area contributed by atoms with Gasteiger partial charge in [0.1, 0.15) is 11.4 Å². The average molecular weight is 300 g/mol. The van der Waals surface area contributed by atoms with Crippen molar-refractivity contribution in [2.45, 2.75) is 0 Å². The van der Waals surface area contributed by atoms with Gasteiger partial charge in [-0.15, -0.1) is 0 Å². The highest BCUT2D eigenvalue weighted by molar-refractivity contribution is 5.71. The number of rotatable bonds is 3. The molecule has 2 aromatic carbocycles. The molecule has 0 aliphatic heterocycles. The highest BCUT2D eigenvalue weighted by Crippen LogP contribution is 2.28. The van der Waals surface area contributed by atoms with Gasteiger partial charge in [0, 0.05) is 5.56 Å². The van der Waals surface area contributed by atoms with Crippen molar-refractivity contribution in [2.24, 2.45) is 0 Å². The summed E-state index contributed by atoms with van der Waals surface area (Å²) in [6.07, 6.45) is 1.92. The van der Waals surface area contributed by atoms with Crippen LogP contribution in [0.5, 0.6) is 5.75 Å². The minimum absolute atomic E-state index is 0.853. The second-order valence-electron chi connectivity index (χ2n) is 5.34. The zero-order valence-electron chi connectivity index (χ0n) is 12.8. The molecule has 0 N–H and O–H groups in total. The number of imidazole rings is 1. The number of aromatic nitrogens is 2. The molecule has 2 aromatic heterocycles. The fourth-order valence-corrected chi connectivity index (χ4v) is 2.84. The van der Waals surface area contributed by atoms with Gasteiger partial charge in [0.05, 0.1) is 24.7 Å². The zero-order chi connectivity index (χ0) is 15.6. The molecule has 0 saturated carbocycles. The smallest absolute Gasteiger partial charge is 0.137 e. The summed E-state index contributed by atoms with van der Waals surface area (Å²) in [5, 5.41) is 0. The molecule has 0 unspecified atom stereocenters. The monoisotopic (exact) mass is 300 g/mol. The van der Waals surface area contributed by atoms with Crippen molar-refractivity contribution in [3.8, 4) is 28.3 Å². The summed E-state index contributed by atoms with van der Waals surface area (Å²) >= 11 is 0. The van der Waals surface area contributed by atoms with E-state index < -0.39 is 0 Å². The number of nitrogens with zero attached hydrogens (tertiary/aromatic N) is 2. The van der Waals surface area contributed by atoms with E-state index in [1.54, 1.807) is 7.11 Å². The van der Waals surface area contributed by atoms with E-state index in [1.165, 1.54) is 5.56 Å². The van der Waals surface area contributed by atoms with Gasteiger partial charge >= 0.3 is 0 Å². The number of hydrogen-bond acceptors (Lipinski definition) is 2. The fourth-order valence-electron chi connectivity index (χ4n) is 2.84. The minimum atomic E-state index is 0.853. The molecule has 0 amide bonds. The van der Waals surface area contributed by atoms with Gasteiger partial charge in [-0.1, -0.05) is 36.4 Å². The van der Waals surface area contributed by atoms with Gasteiger partial charge in [-0.25, -0.2) is 4.98 Å². The largest absolute Gasteiger partial charge is 0.497 e. The first kappa shape index (κ1) is 13.6. The molecule has 0 saturated heterocycles. The number of benzene rings is 2. The minimum Gasteiger partial charge on any atom is -0.497 e. The Morgan fingerprint density at radius 1 is 0.739 bits per heavy atom. The Kier molecular flexibility index (Phi) is 3.31. The van der Waals surface area contributed by atoms with Crippen LogP contribution in [-0.2, 0) is 0 Å². The molecular formula is C20H16N2O. The van der Waals surface area contributed by atoms with Crippen LogP contribution < -0.4 is 4.74 Å². The van der Waals surface area contributed by atoms with Gasteiger partial charge in [-0.05, 0) is 42.0 Å². The molecule has 0 radical (unpaired) electrons. The molecule has 0 bridgehead atoms. The van der Waals surface area contributed by atoms with E-state index in [0.717, 1.165) is 28.3 Å². The molecule has 4 aromatic rings. The maximum Gasteiger partial charge on any atom is 0.137 e. The topological polar surface area (TPSA) is 26.5 Å². The molecule has 3 nitrogen and oxygen atoms in total. The lowest BCUT2D eigenvalue weighted by molar-refractivity contribution is 0.415. The van der Waals surface area contributed by atoms with Crippen molar-refractivity contribution in [1.29, 1.82) is 0 Å². The third kappa shape index (κ3) is 2.36. The number of ether oxygens (including phenoxy) is 1. The van der Waals surface area contributed by atoms with Crippen LogP contribution in [0, 0.1) is 0 Å². The lowest BCUT2D eigenvalue weighted by Gasteiger charge is -2.10. The van der Waals surface area contributed by atoms with E-state index in [4.69, 9.17) is 4.74 Å². The standard InChI is InChI=1S/C20H16N2O/c1-23-17-12-10-16(11-13-17)19-14-21-20-9-5-8-18(22(19)20)15-6-3-2-4-7-15/h2-14H,1H3. The second-order valence-corrected chi connectivity index (χ2v) is 5.34. The molecule has 0 aliphatic carbocycles. The molecule has 112 valence electrons. The Bertz CT molecular complexity index is 940. The van der Waals surface area contributed by atoms with Crippen LogP contribution in [0.4, 0.5) is 0 Å². The van der Waals surface area contributed by atoms with Gasteiger partial charge in [0.15, 0.2) is 0 Å². The van der Waals surface area contributed by atoms with Crippen LogP contribution in [-0.4, -0.2) is 16.5 Å². The summed E-state index contributed by atoms with van der Waals surface area (Å²) in [5.41, 5.74) is 5.43. The van der Waals surface area contributed by atoms with Crippen LogP contribution in [0.1, 0.15) is 0 Å². The molecule has 0 fully saturated rings. The van der Waals surface area contributed by atoms with Crippen molar-refractivity contribution in [3.63, 3.8) is 0 Å². The number of fused-ring (bicyclic) bond motifs is 1. The highest BCUT2D eigenvalue weighted by atomic mass is 16.5. The molecule has 0 aliphatic rings. The number of methoxy groups -OCH3 is 1. The van der Waals surface area contributed by atoms with Crippen molar-refractivity contribution in [3.05, 3.63) is 79.0 Å². The number of pyridine rings is 1. The van der Waals surface area contributed by atoms with Gasteiger partial charge in [-0.2, -0.15) is 0 Å². The molecule has 2 heterocycles. The van der Waals surface area contributed by atoms with Crippen LogP contribution in [0.25, 0.3) is 28.2 Å². The number of hydrogen-bond donors (Lipinski definition) is 0. The fraction of sp³-hybridized carbons (Fsp3) is 0.0500. The predicted molar refractivity (Wildman–Crippen MR) is 92.6 cm³/mol. The van der Waals surface area contributed by atoms with E-state index in [0.29, 0.717) is 0 Å². The molecule has 23 heavy (non-hydrogen) atoms. The predicted octanol–water partition coefficient (Wildman–Crippen LogP) is 4.68. The Morgan fingerprint density at radius 2 is 1.48 bits per heavy atom. The lowest BCUT2D eigenvalue weighted by atomic mass is 10.1. The maximum atomic E-state index is 5.24. The molecule has 4 rings (SSSR count). The van der Waals surface area contributed by atoms with Gasteiger partial charge in [0.2, 0.25) is 0 Å². The Morgan fingerprint density at radius 3 is 2.22 bits per heavy atom. The summed E-state index contributed by atoms with van der Waals surface area (Å²) in [4.78, 5) is 4.56. The van der Waals surface area contributed by atoms with Gasteiger partial charge in [-0.3, -0.25) is 4.40 Å². The first-order chi connectivity index (χ1) is 11.4. The molecule has 0 atom stereocenters. The third-order valence-corrected chi connectivity index (χ3v) is 3.98. The van der Waals surface area contributed by atoms with Crippen molar-refractivity contribution in [2.75, 3.05) is 7.11 Å². The first-order valence-electron chi connectivity index (χ1n) is 7.53. The van der Waals surface area contributed by atoms with E-state index in [2.05, 4.69) is 51.8 Å². The summed E-state index contributed by atoms with van der Waals surface area (Å²) in [6, 6.07) is 24.6. The average Bonchev–Trinajstić information content (AvgIpc) is 3.07. The molecule has 0 spiro atoms. The van der Waals surface area contributed by atoms with E-state index in [1.807, 2.05) is 36.5 Å². The first-order valence-corrected chi connectivity index (χ1v) is 7.53. The lowest BCUT2D eigenvalue weighted by Crippen LogP contribution is -1.94. The normalized spacial score (nSPS) is 10.8. The zero-order valence-corrected chi connectivity index (χ0v) is 12.8. The summed E-state index contributed by atoms with van der Waals surface area (Å²) in [6.45, 7) is 0. The van der Waals surface area contributed by atoms with E-state index >= 15 is 0 Å². The van der Waals surface area contributed by atoms with Crippen LogP contribution in [0.2, 0.25) is 0 Å². The van der Waals surface area contributed by atoms with E-state index in [9.17, 15) is 0 Å². The summed E-state index contributed by atoms with van der Waals surface area (Å²) in [7, 11) is 1.68.